The summed E-state index contributed by atoms with van der Waals surface area (Å²) in [6.07, 6.45) is 0. The van der Waals surface area contributed by atoms with E-state index < -0.39 is 0 Å². The van der Waals surface area contributed by atoms with Crippen LogP contribution in [0.25, 0.3) is 99.5 Å². The molecule has 12 rings (SSSR count). The summed E-state index contributed by atoms with van der Waals surface area (Å²) in [6.45, 7) is 0. The number of hydrogen-bond donors (Lipinski definition) is 0. The molecule has 0 amide bonds. The molecule has 0 N–H and O–H groups in total. The van der Waals surface area contributed by atoms with Gasteiger partial charge in [0.25, 0.3) is 0 Å². The van der Waals surface area contributed by atoms with Crippen molar-refractivity contribution < 1.29 is 8.83 Å². The Bertz CT molecular complexity index is 3590. The molecule has 0 unspecified atom stereocenters. The van der Waals surface area contributed by atoms with Gasteiger partial charge in [0.15, 0.2) is 0 Å². The van der Waals surface area contributed by atoms with Crippen molar-refractivity contribution in [1.82, 2.24) is 0 Å². The van der Waals surface area contributed by atoms with E-state index >= 15 is 0 Å². The maximum atomic E-state index is 7.22. The van der Waals surface area contributed by atoms with Crippen LogP contribution in [0.3, 0.4) is 0 Å². The van der Waals surface area contributed by atoms with E-state index in [1.165, 1.54) is 5.56 Å². The second-order valence-electron chi connectivity index (χ2n) is 15.9. The van der Waals surface area contributed by atoms with Crippen LogP contribution in [-0.2, 0) is 0 Å². The van der Waals surface area contributed by atoms with Gasteiger partial charge in [0.05, 0.1) is 16.8 Å². The molecule has 0 radical (unpaired) electrons. The summed E-state index contributed by atoms with van der Waals surface area (Å²) < 4.78 is 13.7. The Morgan fingerprint density at radius 2 is 0.778 bits per heavy atom. The fraction of sp³-hybridized carbons (Fsp3) is 0. The van der Waals surface area contributed by atoms with Crippen LogP contribution >= 0.6 is 0 Å². The first-order valence-corrected chi connectivity index (χ1v) is 21.4. The zero-order chi connectivity index (χ0) is 41.7. The van der Waals surface area contributed by atoms with Gasteiger partial charge in [-0.05, 0) is 81.9 Å². The number of anilines is 3. The number of nitrogens with zero attached hydrogens (tertiary/aromatic N) is 1. The highest BCUT2D eigenvalue weighted by molar-refractivity contribution is 6.24. The van der Waals surface area contributed by atoms with Crippen molar-refractivity contribution in [2.45, 2.75) is 0 Å². The monoisotopic (exact) mass is 805 g/mol. The topological polar surface area (TPSA) is 29.5 Å². The first kappa shape index (κ1) is 36.5. The molecule has 0 aliphatic rings. The van der Waals surface area contributed by atoms with E-state index in [-0.39, 0.29) is 0 Å². The standard InChI is InChI=1S/C60H39NO2/c1-6-21-40(22-7-1)54-55(41-23-8-2-9-24-41)57(43-27-12-4-13-28-43)60-59(56(54)42-25-10-3-11-26-42)48-39-44(37-38-52(48)63-60)46-31-16-18-33-49(46)61(45-29-14-5-15-30-45)50-34-20-36-53-58(50)47-32-17-19-35-51(47)62-53/h1-39H. The number of fused-ring (bicyclic) bond motifs is 6. The highest BCUT2D eigenvalue weighted by Gasteiger charge is 2.29. The molecule has 0 bridgehead atoms. The van der Waals surface area contributed by atoms with Gasteiger partial charge in [0, 0.05) is 44.1 Å². The minimum absolute atomic E-state index is 0.833. The van der Waals surface area contributed by atoms with E-state index in [0.717, 1.165) is 111 Å². The Labute approximate surface area is 365 Å². The number of hydrogen-bond acceptors (Lipinski definition) is 3. The predicted molar refractivity (Wildman–Crippen MR) is 263 cm³/mol. The van der Waals surface area contributed by atoms with Gasteiger partial charge in [0.2, 0.25) is 0 Å². The van der Waals surface area contributed by atoms with Crippen LogP contribution in [0.5, 0.6) is 0 Å². The second kappa shape index (κ2) is 15.3. The van der Waals surface area contributed by atoms with E-state index in [4.69, 9.17) is 8.83 Å². The molecule has 3 heteroatoms. The molecule has 0 saturated carbocycles. The molecule has 296 valence electrons. The Kier molecular flexibility index (Phi) is 8.83. The predicted octanol–water partition coefficient (Wildman–Crippen LogP) is 17.3. The van der Waals surface area contributed by atoms with Crippen molar-refractivity contribution in [1.29, 1.82) is 0 Å². The molecule has 3 nitrogen and oxygen atoms in total. The van der Waals surface area contributed by atoms with Crippen LogP contribution < -0.4 is 4.90 Å². The first-order chi connectivity index (χ1) is 31.3. The van der Waals surface area contributed by atoms with Crippen molar-refractivity contribution in [2.24, 2.45) is 0 Å². The molecular formula is C60H39NO2. The van der Waals surface area contributed by atoms with Gasteiger partial charge in [-0.2, -0.15) is 0 Å². The fourth-order valence-corrected chi connectivity index (χ4v) is 9.58. The zero-order valence-electron chi connectivity index (χ0n) is 34.3. The minimum atomic E-state index is 0.833. The van der Waals surface area contributed by atoms with Crippen molar-refractivity contribution in [2.75, 3.05) is 4.90 Å². The van der Waals surface area contributed by atoms with Crippen LogP contribution in [0, 0.1) is 0 Å². The lowest BCUT2D eigenvalue weighted by atomic mass is 9.80. The van der Waals surface area contributed by atoms with Gasteiger partial charge in [-0.1, -0.05) is 188 Å². The van der Waals surface area contributed by atoms with Gasteiger partial charge < -0.3 is 13.7 Å². The van der Waals surface area contributed by atoms with E-state index in [9.17, 15) is 0 Å². The van der Waals surface area contributed by atoms with Gasteiger partial charge in [-0.15, -0.1) is 0 Å². The third-order valence-electron chi connectivity index (χ3n) is 12.3. The average molecular weight is 806 g/mol. The van der Waals surface area contributed by atoms with Crippen molar-refractivity contribution in [3.05, 3.63) is 237 Å². The molecular weight excluding hydrogens is 767 g/mol. The van der Waals surface area contributed by atoms with E-state index in [1.807, 2.05) is 12.1 Å². The Balaban J connectivity index is 1.18. The largest absolute Gasteiger partial charge is 0.456 e. The van der Waals surface area contributed by atoms with Crippen LogP contribution in [0.2, 0.25) is 0 Å². The maximum absolute atomic E-state index is 7.22. The van der Waals surface area contributed by atoms with E-state index in [1.54, 1.807) is 0 Å². The van der Waals surface area contributed by atoms with Crippen molar-refractivity contribution in [3.8, 4) is 55.6 Å². The van der Waals surface area contributed by atoms with E-state index in [2.05, 4.69) is 229 Å². The van der Waals surface area contributed by atoms with Crippen molar-refractivity contribution >= 4 is 60.9 Å². The van der Waals surface area contributed by atoms with E-state index in [0.29, 0.717) is 0 Å². The SMILES string of the molecule is c1ccc(-c2c(-c3ccccc3)c(-c3ccccc3)c3c(oc4ccc(-c5ccccc5N(c5ccccc5)c5cccc6oc7ccccc7c56)cc43)c2-c2ccccc2)cc1. The molecule has 0 saturated heterocycles. The molecule has 10 aromatic carbocycles. The summed E-state index contributed by atoms with van der Waals surface area (Å²) in [5.74, 6) is 0. The quantitative estimate of drug-likeness (QED) is 0.153. The summed E-state index contributed by atoms with van der Waals surface area (Å²) in [5, 5.41) is 4.30. The van der Waals surface area contributed by atoms with Gasteiger partial charge >= 0.3 is 0 Å². The Morgan fingerprint density at radius 3 is 1.44 bits per heavy atom. The van der Waals surface area contributed by atoms with Gasteiger partial charge in [0.1, 0.15) is 22.3 Å². The molecule has 12 aromatic rings. The molecule has 2 aromatic heterocycles. The van der Waals surface area contributed by atoms with Crippen LogP contribution in [-0.4, -0.2) is 0 Å². The number of rotatable bonds is 8. The van der Waals surface area contributed by atoms with Crippen molar-refractivity contribution in [3.63, 3.8) is 0 Å². The smallest absolute Gasteiger partial charge is 0.144 e. The molecule has 0 spiro atoms. The number of para-hydroxylation sites is 3. The molecule has 0 atom stereocenters. The van der Waals surface area contributed by atoms with Gasteiger partial charge in [-0.25, -0.2) is 0 Å². The Morgan fingerprint density at radius 1 is 0.286 bits per heavy atom. The second-order valence-corrected chi connectivity index (χ2v) is 15.9. The first-order valence-electron chi connectivity index (χ1n) is 21.4. The minimum Gasteiger partial charge on any atom is -0.456 e. The zero-order valence-corrected chi connectivity index (χ0v) is 34.3. The lowest BCUT2D eigenvalue weighted by molar-refractivity contribution is 0.669. The summed E-state index contributed by atoms with van der Waals surface area (Å²) >= 11 is 0. The Hall–Kier alpha value is -8.40. The lowest BCUT2D eigenvalue weighted by Crippen LogP contribution is -2.11. The molecule has 0 fully saturated rings. The molecule has 0 aliphatic carbocycles. The summed E-state index contributed by atoms with van der Waals surface area (Å²) in [5.41, 5.74) is 17.8. The summed E-state index contributed by atoms with van der Waals surface area (Å²) in [4.78, 5) is 2.37. The van der Waals surface area contributed by atoms with Crippen LogP contribution in [0.15, 0.2) is 245 Å². The van der Waals surface area contributed by atoms with Crippen LogP contribution in [0.4, 0.5) is 17.1 Å². The summed E-state index contributed by atoms with van der Waals surface area (Å²) in [6, 6.07) is 83.9. The molecule has 0 aliphatic heterocycles. The average Bonchev–Trinajstić information content (AvgIpc) is 3.94. The summed E-state index contributed by atoms with van der Waals surface area (Å²) in [7, 11) is 0. The fourth-order valence-electron chi connectivity index (χ4n) is 9.58. The highest BCUT2D eigenvalue weighted by atomic mass is 16.3. The third kappa shape index (κ3) is 6.13. The van der Waals surface area contributed by atoms with Gasteiger partial charge in [-0.3, -0.25) is 0 Å². The molecule has 2 heterocycles. The maximum Gasteiger partial charge on any atom is 0.144 e. The normalized spacial score (nSPS) is 11.5. The van der Waals surface area contributed by atoms with Crippen LogP contribution in [0.1, 0.15) is 0 Å². The third-order valence-corrected chi connectivity index (χ3v) is 12.3. The number of furan rings is 2. The lowest BCUT2D eigenvalue weighted by Gasteiger charge is -2.28. The number of benzene rings is 10. The highest BCUT2D eigenvalue weighted by Crippen LogP contribution is 2.54. The molecule has 63 heavy (non-hydrogen) atoms.